The Balaban J connectivity index is 1.84. The van der Waals surface area contributed by atoms with Gasteiger partial charge in [0.2, 0.25) is 0 Å². The highest BCUT2D eigenvalue weighted by molar-refractivity contribution is 7.90. The number of rotatable bonds is 6. The van der Waals surface area contributed by atoms with E-state index in [2.05, 4.69) is 10.2 Å². The lowest BCUT2D eigenvalue weighted by atomic mass is 10.2. The average molecular weight is 389 g/mol. The summed E-state index contributed by atoms with van der Waals surface area (Å²) in [5, 5.41) is 8.07. The quantitative estimate of drug-likeness (QED) is 0.685. The molecule has 0 radical (unpaired) electrons. The molecule has 0 atom stereocenters. The van der Waals surface area contributed by atoms with Crippen LogP contribution in [0, 0.1) is 6.92 Å². The fourth-order valence-corrected chi connectivity index (χ4v) is 3.36. The van der Waals surface area contributed by atoms with Crippen molar-refractivity contribution in [2.45, 2.75) is 25.3 Å². The number of sulfonamides is 1. The highest BCUT2D eigenvalue weighted by atomic mass is 32.2. The van der Waals surface area contributed by atoms with Crippen LogP contribution in [0.2, 0.25) is 0 Å². The minimum atomic E-state index is -4.03. The van der Waals surface area contributed by atoms with Gasteiger partial charge in [0.25, 0.3) is 15.9 Å². The molecule has 2 aromatic heterocycles. The third kappa shape index (κ3) is 3.85. The van der Waals surface area contributed by atoms with E-state index in [1.165, 1.54) is 34.9 Å². The van der Waals surface area contributed by atoms with Gasteiger partial charge in [-0.05, 0) is 37.6 Å². The number of nitrogens with zero attached hydrogens (tertiary/aromatic N) is 4. The van der Waals surface area contributed by atoms with Gasteiger partial charge >= 0.3 is 0 Å². The molecule has 142 valence electrons. The first kappa shape index (κ1) is 18.6. The second-order valence-electron chi connectivity index (χ2n) is 5.79. The second kappa shape index (κ2) is 7.23. The molecule has 0 saturated carbocycles. The summed E-state index contributed by atoms with van der Waals surface area (Å²) in [5.41, 5.74) is 1.59. The molecule has 1 aromatic carbocycles. The summed E-state index contributed by atoms with van der Waals surface area (Å²) in [4.78, 5) is 12.3. The highest BCUT2D eigenvalue weighted by Crippen LogP contribution is 2.23. The summed E-state index contributed by atoms with van der Waals surface area (Å²) in [7, 11) is -2.49. The molecule has 10 heteroatoms. The van der Waals surface area contributed by atoms with Crippen LogP contribution in [0.1, 0.15) is 23.0 Å². The van der Waals surface area contributed by atoms with E-state index in [1.54, 1.807) is 12.3 Å². The van der Waals surface area contributed by atoms with E-state index >= 15 is 0 Å². The first-order valence-electron chi connectivity index (χ1n) is 8.14. The number of aryl methyl sites for hydroxylation is 2. The smallest absolute Gasteiger partial charge is 0.285 e. The predicted octanol–water partition coefficient (Wildman–Crippen LogP) is 1.52. The fraction of sp³-hybridized carbons (Fsp3) is 0.235. The summed E-state index contributed by atoms with van der Waals surface area (Å²) < 4.78 is 34.9. The van der Waals surface area contributed by atoms with E-state index in [0.29, 0.717) is 18.0 Å². The van der Waals surface area contributed by atoms with Gasteiger partial charge in [0.1, 0.15) is 16.3 Å². The molecule has 3 aromatic rings. The Labute approximate surface area is 156 Å². The van der Waals surface area contributed by atoms with Gasteiger partial charge in [0, 0.05) is 18.9 Å². The lowest BCUT2D eigenvalue weighted by molar-refractivity contribution is 0.0976. The molecule has 0 aliphatic heterocycles. The molecule has 0 saturated heterocycles. The maximum atomic E-state index is 12.4. The zero-order valence-electron chi connectivity index (χ0n) is 15.1. The molecule has 0 aliphatic rings. The minimum Gasteiger partial charge on any atom is -0.494 e. The van der Waals surface area contributed by atoms with Gasteiger partial charge in [-0.1, -0.05) is 6.07 Å². The van der Waals surface area contributed by atoms with Gasteiger partial charge in [0.05, 0.1) is 13.3 Å². The number of carbonyl (C=O) groups is 1. The van der Waals surface area contributed by atoms with Crippen molar-refractivity contribution in [3.8, 4) is 11.4 Å². The number of carbonyl (C=O) groups excluding carboxylic acids is 1. The maximum absolute atomic E-state index is 12.4. The van der Waals surface area contributed by atoms with E-state index in [1.807, 2.05) is 30.7 Å². The van der Waals surface area contributed by atoms with Gasteiger partial charge in [-0.3, -0.25) is 9.48 Å². The van der Waals surface area contributed by atoms with Crippen LogP contribution in [-0.2, 0) is 16.6 Å². The van der Waals surface area contributed by atoms with Crippen molar-refractivity contribution in [2.24, 2.45) is 0 Å². The number of hydrogen-bond donors (Lipinski definition) is 1. The summed E-state index contributed by atoms with van der Waals surface area (Å²) in [5.74, 6) is -0.250. The number of nitrogens with one attached hydrogen (secondary N) is 1. The number of benzene rings is 1. The standard InChI is InChI=1S/C17H19N5O4S/c1-4-21-11-13(10-18-21)27(24,25)20-17(23)14-7-8-22(19-14)15-9-12(2)5-6-16(15)26-3/h5-11H,4H2,1-3H3,(H,20,23). The van der Waals surface area contributed by atoms with Crippen molar-refractivity contribution in [3.63, 3.8) is 0 Å². The number of methoxy groups -OCH3 is 1. The summed E-state index contributed by atoms with van der Waals surface area (Å²) >= 11 is 0. The molecule has 0 fully saturated rings. The van der Waals surface area contributed by atoms with E-state index in [0.717, 1.165) is 5.56 Å². The average Bonchev–Trinajstić information content (AvgIpc) is 3.31. The van der Waals surface area contributed by atoms with Crippen LogP contribution in [0.15, 0.2) is 47.8 Å². The van der Waals surface area contributed by atoms with Gasteiger partial charge in [-0.2, -0.15) is 10.2 Å². The number of aromatic nitrogens is 4. The molecule has 27 heavy (non-hydrogen) atoms. The molecule has 1 N–H and O–H groups in total. The van der Waals surface area contributed by atoms with Crippen LogP contribution in [0.4, 0.5) is 0 Å². The van der Waals surface area contributed by atoms with E-state index in [-0.39, 0.29) is 10.6 Å². The maximum Gasteiger partial charge on any atom is 0.285 e. The monoisotopic (exact) mass is 389 g/mol. The summed E-state index contributed by atoms with van der Waals surface area (Å²) in [6.07, 6.45) is 4.11. The predicted molar refractivity (Wildman–Crippen MR) is 97.4 cm³/mol. The summed E-state index contributed by atoms with van der Waals surface area (Å²) in [6, 6.07) is 6.97. The molecule has 9 nitrogen and oxygen atoms in total. The van der Waals surface area contributed by atoms with Crippen molar-refractivity contribution in [1.29, 1.82) is 0 Å². The third-order valence-electron chi connectivity index (χ3n) is 3.87. The second-order valence-corrected chi connectivity index (χ2v) is 7.47. The third-order valence-corrected chi connectivity index (χ3v) is 5.16. The molecule has 2 heterocycles. The Morgan fingerprint density at radius 3 is 2.74 bits per heavy atom. The number of amides is 1. The Morgan fingerprint density at radius 1 is 1.30 bits per heavy atom. The van der Waals surface area contributed by atoms with Gasteiger partial charge in [-0.15, -0.1) is 0 Å². The van der Waals surface area contributed by atoms with Crippen molar-refractivity contribution in [2.75, 3.05) is 7.11 Å². The molecule has 0 unspecified atom stereocenters. The van der Waals surface area contributed by atoms with Crippen molar-refractivity contribution in [1.82, 2.24) is 24.3 Å². The van der Waals surface area contributed by atoms with E-state index < -0.39 is 15.9 Å². The van der Waals surface area contributed by atoms with Gasteiger partial charge in [0.15, 0.2) is 5.69 Å². The number of ether oxygens (including phenoxy) is 1. The first-order valence-corrected chi connectivity index (χ1v) is 9.62. The van der Waals surface area contributed by atoms with E-state index in [4.69, 9.17) is 4.74 Å². The summed E-state index contributed by atoms with van der Waals surface area (Å²) in [6.45, 7) is 4.27. The van der Waals surface area contributed by atoms with Crippen molar-refractivity contribution >= 4 is 15.9 Å². The van der Waals surface area contributed by atoms with Crippen LogP contribution in [0.5, 0.6) is 5.75 Å². The van der Waals surface area contributed by atoms with Crippen LogP contribution in [0.25, 0.3) is 5.69 Å². The minimum absolute atomic E-state index is 0.0370. The highest BCUT2D eigenvalue weighted by Gasteiger charge is 2.22. The Hall–Kier alpha value is -3.14. The Kier molecular flexibility index (Phi) is 5.00. The van der Waals surface area contributed by atoms with E-state index in [9.17, 15) is 13.2 Å². The topological polar surface area (TPSA) is 108 Å². The Morgan fingerprint density at radius 2 is 2.07 bits per heavy atom. The lowest BCUT2D eigenvalue weighted by Gasteiger charge is -2.09. The lowest BCUT2D eigenvalue weighted by Crippen LogP contribution is -2.30. The van der Waals surface area contributed by atoms with Crippen LogP contribution in [0.3, 0.4) is 0 Å². The van der Waals surface area contributed by atoms with Crippen LogP contribution >= 0.6 is 0 Å². The fourth-order valence-electron chi connectivity index (χ4n) is 2.45. The van der Waals surface area contributed by atoms with Crippen LogP contribution in [-0.4, -0.2) is 41.0 Å². The van der Waals surface area contributed by atoms with Gasteiger partial charge in [-0.25, -0.2) is 17.8 Å². The molecule has 0 bridgehead atoms. The normalized spacial score (nSPS) is 11.4. The zero-order valence-corrected chi connectivity index (χ0v) is 15.9. The SMILES string of the molecule is CCn1cc(S(=O)(=O)NC(=O)c2ccn(-c3cc(C)ccc3OC)n2)cn1. The largest absolute Gasteiger partial charge is 0.494 e. The number of hydrogen-bond acceptors (Lipinski definition) is 6. The molecular formula is C17H19N5O4S. The zero-order chi connectivity index (χ0) is 19.6. The molecule has 0 spiro atoms. The first-order chi connectivity index (χ1) is 12.8. The van der Waals surface area contributed by atoms with Crippen molar-refractivity contribution < 1.29 is 17.9 Å². The van der Waals surface area contributed by atoms with Gasteiger partial charge < -0.3 is 4.74 Å². The molecular weight excluding hydrogens is 370 g/mol. The molecule has 3 rings (SSSR count). The Bertz CT molecular complexity index is 1080. The molecule has 1 amide bonds. The van der Waals surface area contributed by atoms with Crippen molar-refractivity contribution in [3.05, 3.63) is 54.1 Å². The molecule has 0 aliphatic carbocycles. The van der Waals surface area contributed by atoms with Crippen LogP contribution < -0.4 is 9.46 Å².